The van der Waals surface area contributed by atoms with Gasteiger partial charge in [0.25, 0.3) is 0 Å². The van der Waals surface area contributed by atoms with Crippen LogP contribution >= 0.6 is 24.4 Å². The van der Waals surface area contributed by atoms with Crippen LogP contribution in [-0.2, 0) is 20.8 Å². The van der Waals surface area contributed by atoms with Gasteiger partial charge in [-0.2, -0.15) is 24.4 Å². The van der Waals surface area contributed by atoms with E-state index in [4.69, 9.17) is 5.73 Å². The van der Waals surface area contributed by atoms with Crippen molar-refractivity contribution in [3.8, 4) is 0 Å². The van der Waals surface area contributed by atoms with Gasteiger partial charge < -0.3 is 21.5 Å². The lowest BCUT2D eigenvalue weighted by Gasteiger charge is -2.21. The van der Waals surface area contributed by atoms with E-state index in [2.05, 4.69) is 23.3 Å². The third kappa shape index (κ3) is 7.67. The summed E-state index contributed by atoms with van der Waals surface area (Å²) in [5, 5.41) is 14.3. The van der Waals surface area contributed by atoms with Crippen LogP contribution in [0, 0.1) is 0 Å². The van der Waals surface area contributed by atoms with E-state index in [0.29, 0.717) is 6.42 Å². The van der Waals surface area contributed by atoms with Crippen molar-refractivity contribution in [2.45, 2.75) is 31.0 Å². The molecule has 0 saturated carbocycles. The zero-order valence-electron chi connectivity index (χ0n) is 14.6. The van der Waals surface area contributed by atoms with Crippen LogP contribution in [-0.4, -0.2) is 58.8 Å². The molecule has 1 aromatic rings. The Hall–Kier alpha value is -1.71. The summed E-state index contributed by atoms with van der Waals surface area (Å²) in [6.07, 6.45) is 2.54. The third-order valence-electron chi connectivity index (χ3n) is 3.68. The van der Waals surface area contributed by atoms with Crippen LogP contribution in [0.15, 0.2) is 30.3 Å². The number of hydrogen-bond donors (Lipinski definition) is 5. The zero-order chi connectivity index (χ0) is 19.5. The van der Waals surface area contributed by atoms with E-state index in [-0.39, 0.29) is 12.2 Å². The van der Waals surface area contributed by atoms with Gasteiger partial charge in [0.15, 0.2) is 0 Å². The summed E-state index contributed by atoms with van der Waals surface area (Å²) in [5.41, 5.74) is 6.57. The fourth-order valence-corrected chi connectivity index (χ4v) is 2.92. The molecule has 2 amide bonds. The van der Waals surface area contributed by atoms with Gasteiger partial charge in [-0.05, 0) is 24.0 Å². The van der Waals surface area contributed by atoms with Gasteiger partial charge in [-0.1, -0.05) is 30.3 Å². The van der Waals surface area contributed by atoms with Crippen molar-refractivity contribution in [1.82, 2.24) is 10.6 Å². The molecule has 9 heteroatoms. The summed E-state index contributed by atoms with van der Waals surface area (Å²) < 4.78 is 0. The smallest absolute Gasteiger partial charge is 0.326 e. The van der Waals surface area contributed by atoms with E-state index < -0.39 is 35.9 Å². The van der Waals surface area contributed by atoms with Crippen LogP contribution in [0.25, 0.3) is 0 Å². The molecule has 0 fully saturated rings. The number of carboxylic acids is 1. The quantitative estimate of drug-likeness (QED) is 0.341. The lowest BCUT2D eigenvalue weighted by molar-refractivity contribution is -0.142. The first-order chi connectivity index (χ1) is 12.4. The highest BCUT2D eigenvalue weighted by Gasteiger charge is 2.27. The summed E-state index contributed by atoms with van der Waals surface area (Å²) in [5.74, 6) is -1.45. The molecular formula is C17H25N3O4S2. The third-order valence-corrected chi connectivity index (χ3v) is 4.69. The largest absolute Gasteiger partial charge is 0.480 e. The molecule has 0 aliphatic heterocycles. The van der Waals surface area contributed by atoms with Crippen LogP contribution in [0.5, 0.6) is 0 Å². The van der Waals surface area contributed by atoms with E-state index in [1.54, 1.807) is 36.0 Å². The molecule has 0 saturated heterocycles. The van der Waals surface area contributed by atoms with E-state index in [0.717, 1.165) is 11.3 Å². The molecule has 26 heavy (non-hydrogen) atoms. The minimum absolute atomic E-state index is 0.0322. The SMILES string of the molecule is CSCCC(N)C(=O)NC(CS)C(=O)NC(Cc1ccccc1)C(=O)O. The Bertz CT molecular complexity index is 601. The second-order valence-electron chi connectivity index (χ2n) is 5.72. The van der Waals surface area contributed by atoms with Crippen molar-refractivity contribution in [1.29, 1.82) is 0 Å². The summed E-state index contributed by atoms with van der Waals surface area (Å²) in [4.78, 5) is 35.9. The van der Waals surface area contributed by atoms with Crippen LogP contribution < -0.4 is 16.4 Å². The van der Waals surface area contributed by atoms with Gasteiger partial charge in [0.2, 0.25) is 11.8 Å². The number of rotatable bonds is 11. The molecule has 0 radical (unpaired) electrons. The van der Waals surface area contributed by atoms with E-state index in [9.17, 15) is 19.5 Å². The Balaban J connectivity index is 2.67. The fraction of sp³-hybridized carbons (Fsp3) is 0.471. The number of carbonyl (C=O) groups is 3. The Morgan fingerprint density at radius 3 is 2.31 bits per heavy atom. The maximum atomic E-state index is 12.4. The molecule has 144 valence electrons. The Morgan fingerprint density at radius 2 is 1.77 bits per heavy atom. The molecule has 0 heterocycles. The average molecular weight is 400 g/mol. The highest BCUT2D eigenvalue weighted by atomic mass is 32.2. The number of nitrogens with two attached hydrogens (primary N) is 1. The number of carbonyl (C=O) groups excluding carboxylic acids is 2. The molecule has 5 N–H and O–H groups in total. The molecule has 7 nitrogen and oxygen atoms in total. The van der Waals surface area contributed by atoms with Crippen molar-refractivity contribution in [3.05, 3.63) is 35.9 Å². The normalized spacial score (nSPS) is 14.1. The average Bonchev–Trinajstić information content (AvgIpc) is 2.63. The molecule has 0 spiro atoms. The topological polar surface area (TPSA) is 122 Å². The zero-order valence-corrected chi connectivity index (χ0v) is 16.3. The van der Waals surface area contributed by atoms with Gasteiger partial charge in [-0.25, -0.2) is 4.79 Å². The summed E-state index contributed by atoms with van der Waals surface area (Å²) in [6.45, 7) is 0. The minimum Gasteiger partial charge on any atom is -0.480 e. The van der Waals surface area contributed by atoms with Crippen molar-refractivity contribution in [2.24, 2.45) is 5.73 Å². The van der Waals surface area contributed by atoms with Crippen molar-refractivity contribution < 1.29 is 19.5 Å². The van der Waals surface area contributed by atoms with Crippen molar-refractivity contribution in [2.75, 3.05) is 17.8 Å². The maximum Gasteiger partial charge on any atom is 0.326 e. The van der Waals surface area contributed by atoms with Crippen LogP contribution in [0.1, 0.15) is 12.0 Å². The molecule has 0 aliphatic carbocycles. The van der Waals surface area contributed by atoms with Gasteiger partial charge in [-0.15, -0.1) is 0 Å². The first-order valence-corrected chi connectivity index (χ1v) is 10.1. The molecule has 1 rings (SSSR count). The summed E-state index contributed by atoms with van der Waals surface area (Å²) in [6, 6.07) is 6.20. The first-order valence-electron chi connectivity index (χ1n) is 8.11. The second kappa shape index (κ2) is 11.8. The molecule has 3 atom stereocenters. The predicted octanol–water partition coefficient (Wildman–Crippen LogP) is 0.294. The predicted molar refractivity (Wildman–Crippen MR) is 106 cm³/mol. The van der Waals surface area contributed by atoms with E-state index >= 15 is 0 Å². The monoisotopic (exact) mass is 399 g/mol. The van der Waals surface area contributed by atoms with Crippen LogP contribution in [0.4, 0.5) is 0 Å². The molecule has 0 bridgehead atoms. The van der Waals surface area contributed by atoms with Crippen molar-refractivity contribution >= 4 is 42.2 Å². The maximum absolute atomic E-state index is 12.4. The number of amides is 2. The molecule has 0 aliphatic rings. The lowest BCUT2D eigenvalue weighted by Crippen LogP contribution is -2.55. The number of carboxylic acid groups (broad SMARTS) is 1. The lowest BCUT2D eigenvalue weighted by atomic mass is 10.1. The van der Waals surface area contributed by atoms with Crippen LogP contribution in [0.2, 0.25) is 0 Å². The fourth-order valence-electron chi connectivity index (χ4n) is 2.17. The summed E-state index contributed by atoms with van der Waals surface area (Å²) in [7, 11) is 0. The molecule has 3 unspecified atom stereocenters. The van der Waals surface area contributed by atoms with Crippen LogP contribution in [0.3, 0.4) is 0 Å². The molecule has 0 aromatic heterocycles. The number of nitrogens with one attached hydrogen (secondary N) is 2. The number of thiol groups is 1. The van der Waals surface area contributed by atoms with Gasteiger partial charge in [-0.3, -0.25) is 9.59 Å². The summed E-state index contributed by atoms with van der Waals surface area (Å²) >= 11 is 5.65. The van der Waals surface area contributed by atoms with Gasteiger partial charge >= 0.3 is 5.97 Å². The van der Waals surface area contributed by atoms with Gasteiger partial charge in [0.1, 0.15) is 12.1 Å². The molecular weight excluding hydrogens is 374 g/mol. The van der Waals surface area contributed by atoms with E-state index in [1.807, 2.05) is 12.3 Å². The number of benzene rings is 1. The Kier molecular flexibility index (Phi) is 10.2. The highest BCUT2D eigenvalue weighted by molar-refractivity contribution is 7.98. The Morgan fingerprint density at radius 1 is 1.15 bits per heavy atom. The van der Waals surface area contributed by atoms with Gasteiger partial charge in [0, 0.05) is 12.2 Å². The minimum atomic E-state index is -1.15. The standard InChI is InChI=1S/C17H25N3O4S2/c1-26-8-7-12(18)15(21)20-14(10-25)16(22)19-13(17(23)24)9-11-5-3-2-4-6-11/h2-6,12-14,25H,7-10,18H2,1H3,(H,19,22)(H,20,21)(H,23,24). The molecule has 1 aromatic carbocycles. The number of thioether (sulfide) groups is 1. The van der Waals surface area contributed by atoms with E-state index in [1.165, 1.54) is 0 Å². The Labute approximate surface area is 162 Å². The van der Waals surface area contributed by atoms with Crippen molar-refractivity contribution in [3.63, 3.8) is 0 Å². The highest BCUT2D eigenvalue weighted by Crippen LogP contribution is 2.05. The number of hydrogen-bond acceptors (Lipinski definition) is 6. The van der Waals surface area contributed by atoms with Gasteiger partial charge in [0.05, 0.1) is 6.04 Å². The number of aliphatic carboxylic acids is 1. The second-order valence-corrected chi connectivity index (χ2v) is 7.07. The first kappa shape index (κ1) is 22.3.